The van der Waals surface area contributed by atoms with Crippen molar-refractivity contribution in [2.45, 2.75) is 17.5 Å². The van der Waals surface area contributed by atoms with E-state index in [0.29, 0.717) is 0 Å². The van der Waals surface area contributed by atoms with Gasteiger partial charge in [0.15, 0.2) is 0 Å². The largest absolute Gasteiger partial charge is 0.361 e. The van der Waals surface area contributed by atoms with Gasteiger partial charge in [-0.15, -0.1) is 0 Å². The standard InChI is InChI=1S/C3H7Cl2NO/c1-2(6)3(4,5)7/h2,7H,6H2,1H3/t2-/m0/s1. The van der Waals surface area contributed by atoms with Crippen LogP contribution in [0.3, 0.4) is 0 Å². The van der Waals surface area contributed by atoms with Crippen LogP contribution in [0.25, 0.3) is 0 Å². The Morgan fingerprint density at radius 2 is 1.86 bits per heavy atom. The zero-order valence-electron chi connectivity index (χ0n) is 3.86. The third kappa shape index (κ3) is 3.12. The van der Waals surface area contributed by atoms with Gasteiger partial charge in [-0.05, 0) is 6.92 Å². The van der Waals surface area contributed by atoms with E-state index in [1.165, 1.54) is 6.92 Å². The average Bonchev–Trinajstić information content (AvgIpc) is 1.31. The average molecular weight is 144 g/mol. The molecule has 0 aromatic carbocycles. The topological polar surface area (TPSA) is 46.2 Å². The molecule has 0 aliphatic rings. The van der Waals surface area contributed by atoms with Gasteiger partial charge in [-0.2, -0.15) is 0 Å². The summed E-state index contributed by atoms with van der Waals surface area (Å²) in [4.78, 5) is 0. The van der Waals surface area contributed by atoms with Crippen molar-refractivity contribution < 1.29 is 5.11 Å². The number of alkyl halides is 2. The Balaban J connectivity index is 3.54. The van der Waals surface area contributed by atoms with E-state index in [-0.39, 0.29) is 0 Å². The molecule has 2 nitrogen and oxygen atoms in total. The Morgan fingerprint density at radius 1 is 1.71 bits per heavy atom. The highest BCUT2D eigenvalue weighted by Crippen LogP contribution is 2.18. The van der Waals surface area contributed by atoms with Gasteiger partial charge in [0.05, 0.1) is 6.04 Å². The second-order valence-electron chi connectivity index (χ2n) is 1.38. The van der Waals surface area contributed by atoms with E-state index >= 15 is 0 Å². The molecule has 0 radical (unpaired) electrons. The van der Waals surface area contributed by atoms with Crippen LogP contribution in [0, 0.1) is 0 Å². The smallest absolute Gasteiger partial charge is 0.230 e. The molecule has 0 unspecified atom stereocenters. The summed E-state index contributed by atoms with van der Waals surface area (Å²) in [5, 5.41) is 8.50. The van der Waals surface area contributed by atoms with Crippen LogP contribution in [0.5, 0.6) is 0 Å². The van der Waals surface area contributed by atoms with Gasteiger partial charge in [0, 0.05) is 0 Å². The Kier molecular flexibility index (Phi) is 2.33. The Bertz CT molecular complexity index is 58.4. The molecule has 0 bridgehead atoms. The van der Waals surface area contributed by atoms with Crippen molar-refractivity contribution in [3.05, 3.63) is 0 Å². The Morgan fingerprint density at radius 3 is 1.86 bits per heavy atom. The molecule has 0 aromatic rings. The van der Waals surface area contributed by atoms with E-state index in [2.05, 4.69) is 0 Å². The molecule has 7 heavy (non-hydrogen) atoms. The molecular weight excluding hydrogens is 137 g/mol. The lowest BCUT2D eigenvalue weighted by molar-refractivity contribution is 0.189. The normalized spacial score (nSPS) is 16.7. The first-order chi connectivity index (χ1) is 2.94. The number of hydrogen-bond donors (Lipinski definition) is 2. The number of hydrogen-bond acceptors (Lipinski definition) is 2. The summed E-state index contributed by atoms with van der Waals surface area (Å²) in [5.74, 6) is 0. The lowest BCUT2D eigenvalue weighted by Crippen LogP contribution is -2.35. The highest BCUT2D eigenvalue weighted by molar-refractivity contribution is 6.47. The number of nitrogens with two attached hydrogens (primary N) is 1. The second kappa shape index (κ2) is 2.18. The van der Waals surface area contributed by atoms with Gasteiger partial charge >= 0.3 is 0 Å². The molecule has 0 fully saturated rings. The number of aliphatic hydroxyl groups is 1. The Hall–Kier alpha value is 0.500. The summed E-state index contributed by atoms with van der Waals surface area (Å²) >= 11 is 10.1. The SMILES string of the molecule is C[C@H](N)C(O)(Cl)Cl. The summed E-state index contributed by atoms with van der Waals surface area (Å²) in [6, 6.07) is -0.615. The fourth-order valence-corrected chi connectivity index (χ4v) is 0. The van der Waals surface area contributed by atoms with Crippen molar-refractivity contribution >= 4 is 23.2 Å². The van der Waals surface area contributed by atoms with Crippen molar-refractivity contribution in [1.82, 2.24) is 0 Å². The van der Waals surface area contributed by atoms with E-state index in [1.54, 1.807) is 0 Å². The minimum absolute atomic E-state index is 0.615. The molecule has 0 aliphatic carbocycles. The maximum absolute atomic E-state index is 8.50. The molecule has 1 atom stereocenters. The third-order valence-electron chi connectivity index (χ3n) is 0.548. The molecule has 0 rings (SSSR count). The summed E-state index contributed by atoms with van der Waals surface area (Å²) in [6.07, 6.45) is 0. The summed E-state index contributed by atoms with van der Waals surface area (Å²) in [7, 11) is 0. The lowest BCUT2D eigenvalue weighted by atomic mass is 10.4. The Labute approximate surface area is 52.2 Å². The van der Waals surface area contributed by atoms with Crippen LogP contribution in [0.4, 0.5) is 0 Å². The van der Waals surface area contributed by atoms with Gasteiger partial charge in [-0.1, -0.05) is 23.2 Å². The van der Waals surface area contributed by atoms with E-state index < -0.39 is 10.6 Å². The molecule has 0 saturated carbocycles. The number of halogens is 2. The van der Waals surface area contributed by atoms with Gasteiger partial charge in [-0.3, -0.25) is 0 Å². The van der Waals surface area contributed by atoms with E-state index in [0.717, 1.165) is 0 Å². The predicted molar refractivity (Wildman–Crippen MR) is 30.3 cm³/mol. The highest BCUT2D eigenvalue weighted by atomic mass is 35.5. The fourth-order valence-electron chi connectivity index (χ4n) is 0. The van der Waals surface area contributed by atoms with E-state index in [1.807, 2.05) is 0 Å². The van der Waals surface area contributed by atoms with Crippen molar-refractivity contribution in [2.75, 3.05) is 0 Å². The predicted octanol–water partition coefficient (Wildman–Crippen LogP) is 0.457. The molecule has 3 N–H and O–H groups in total. The first-order valence-electron chi connectivity index (χ1n) is 1.80. The first-order valence-corrected chi connectivity index (χ1v) is 2.56. The quantitative estimate of drug-likeness (QED) is 0.525. The molecule has 0 aromatic heterocycles. The minimum atomic E-state index is -1.78. The molecule has 4 heteroatoms. The maximum Gasteiger partial charge on any atom is 0.230 e. The molecule has 0 amide bonds. The lowest BCUT2D eigenvalue weighted by Gasteiger charge is -2.14. The van der Waals surface area contributed by atoms with E-state index in [9.17, 15) is 0 Å². The van der Waals surface area contributed by atoms with Crippen LogP contribution >= 0.6 is 23.2 Å². The summed E-state index contributed by atoms with van der Waals surface area (Å²) < 4.78 is -1.78. The van der Waals surface area contributed by atoms with Gasteiger partial charge in [0.25, 0.3) is 0 Å². The summed E-state index contributed by atoms with van der Waals surface area (Å²) in [5.41, 5.74) is 5.06. The maximum atomic E-state index is 8.50. The van der Waals surface area contributed by atoms with Crippen LogP contribution in [-0.2, 0) is 0 Å². The van der Waals surface area contributed by atoms with Crippen molar-refractivity contribution in [1.29, 1.82) is 0 Å². The van der Waals surface area contributed by atoms with Gasteiger partial charge in [0.2, 0.25) is 4.52 Å². The zero-order valence-corrected chi connectivity index (χ0v) is 5.37. The minimum Gasteiger partial charge on any atom is -0.361 e. The highest BCUT2D eigenvalue weighted by Gasteiger charge is 2.23. The van der Waals surface area contributed by atoms with Gasteiger partial charge < -0.3 is 10.8 Å². The second-order valence-corrected chi connectivity index (χ2v) is 2.72. The number of rotatable bonds is 1. The van der Waals surface area contributed by atoms with Crippen molar-refractivity contribution in [3.63, 3.8) is 0 Å². The van der Waals surface area contributed by atoms with Crippen LogP contribution in [0.1, 0.15) is 6.92 Å². The van der Waals surface area contributed by atoms with Crippen LogP contribution in [-0.4, -0.2) is 15.7 Å². The van der Waals surface area contributed by atoms with Crippen molar-refractivity contribution in [3.8, 4) is 0 Å². The molecule has 0 spiro atoms. The fraction of sp³-hybridized carbons (Fsp3) is 1.00. The molecule has 44 valence electrons. The van der Waals surface area contributed by atoms with Gasteiger partial charge in [0.1, 0.15) is 0 Å². The summed E-state index contributed by atoms with van der Waals surface area (Å²) in [6.45, 7) is 1.51. The van der Waals surface area contributed by atoms with Gasteiger partial charge in [-0.25, -0.2) is 0 Å². The van der Waals surface area contributed by atoms with Crippen LogP contribution in [0.15, 0.2) is 0 Å². The first kappa shape index (κ1) is 7.50. The van der Waals surface area contributed by atoms with Crippen molar-refractivity contribution in [2.24, 2.45) is 5.73 Å². The molecule has 0 aliphatic heterocycles. The van der Waals surface area contributed by atoms with Crippen LogP contribution < -0.4 is 5.73 Å². The molecular formula is C3H7Cl2NO. The molecule has 0 heterocycles. The zero-order chi connectivity index (χ0) is 6.08. The van der Waals surface area contributed by atoms with Crippen LogP contribution in [0.2, 0.25) is 0 Å². The monoisotopic (exact) mass is 143 g/mol. The third-order valence-corrected chi connectivity index (χ3v) is 1.24. The molecule has 0 saturated heterocycles. The van der Waals surface area contributed by atoms with E-state index in [4.69, 9.17) is 34.0 Å².